The third-order valence-corrected chi connectivity index (χ3v) is 2.38. The van der Waals surface area contributed by atoms with Crippen LogP contribution in [-0.2, 0) is 6.54 Å². The first-order chi connectivity index (χ1) is 8.15. The number of hydrogen-bond donors (Lipinski definition) is 1. The first-order valence-electron chi connectivity index (χ1n) is 5.64. The van der Waals surface area contributed by atoms with Crippen LogP contribution in [0.25, 0.3) is 0 Å². The molecular weight excluding hydrogens is 216 g/mol. The lowest BCUT2D eigenvalue weighted by Gasteiger charge is -2.09. The maximum atomic E-state index is 5.00. The third kappa shape index (κ3) is 3.03. The van der Waals surface area contributed by atoms with Gasteiger partial charge in [0.15, 0.2) is 5.76 Å². The van der Waals surface area contributed by atoms with Crippen molar-refractivity contribution < 1.29 is 4.52 Å². The summed E-state index contributed by atoms with van der Waals surface area (Å²) in [5, 5.41) is 6.77. The molecule has 17 heavy (non-hydrogen) atoms. The average Bonchev–Trinajstić information content (AvgIpc) is 2.78. The highest BCUT2D eigenvalue weighted by Crippen LogP contribution is 2.14. The van der Waals surface area contributed by atoms with Crippen LogP contribution in [0.1, 0.15) is 36.9 Å². The van der Waals surface area contributed by atoms with Crippen LogP contribution in [0.15, 0.2) is 22.9 Å². The molecule has 0 spiro atoms. The van der Waals surface area contributed by atoms with E-state index < -0.39 is 0 Å². The van der Waals surface area contributed by atoms with Gasteiger partial charge >= 0.3 is 0 Å². The molecule has 2 aromatic rings. The van der Waals surface area contributed by atoms with Gasteiger partial charge in [-0.25, -0.2) is 9.97 Å². The summed E-state index contributed by atoms with van der Waals surface area (Å²) in [5.41, 5.74) is 2.00. The van der Waals surface area contributed by atoms with Crippen LogP contribution in [0.2, 0.25) is 0 Å². The summed E-state index contributed by atoms with van der Waals surface area (Å²) in [6.45, 7) is 6.73. The third-order valence-electron chi connectivity index (χ3n) is 2.38. The van der Waals surface area contributed by atoms with Crippen LogP contribution in [0.4, 0.5) is 5.95 Å². The maximum Gasteiger partial charge on any atom is 0.223 e. The van der Waals surface area contributed by atoms with Crippen LogP contribution in [0.5, 0.6) is 0 Å². The summed E-state index contributed by atoms with van der Waals surface area (Å²) in [6.07, 6.45) is 1.62. The van der Waals surface area contributed by atoms with Crippen molar-refractivity contribution in [3.05, 3.63) is 35.5 Å². The number of aromatic nitrogens is 3. The van der Waals surface area contributed by atoms with E-state index in [1.54, 1.807) is 6.20 Å². The zero-order chi connectivity index (χ0) is 12.3. The fraction of sp³-hybridized carbons (Fsp3) is 0.417. The molecule has 0 atom stereocenters. The molecule has 1 N–H and O–H groups in total. The molecule has 0 saturated heterocycles. The Morgan fingerprint density at radius 3 is 2.82 bits per heavy atom. The van der Waals surface area contributed by atoms with E-state index in [4.69, 9.17) is 4.52 Å². The van der Waals surface area contributed by atoms with Crippen LogP contribution in [0, 0.1) is 6.92 Å². The van der Waals surface area contributed by atoms with Gasteiger partial charge in [-0.05, 0) is 18.9 Å². The minimum atomic E-state index is 0.391. The van der Waals surface area contributed by atoms with E-state index in [0.29, 0.717) is 18.4 Å². The second kappa shape index (κ2) is 4.95. The number of anilines is 1. The van der Waals surface area contributed by atoms with Gasteiger partial charge in [-0.15, -0.1) is 0 Å². The Balaban J connectivity index is 2.10. The topological polar surface area (TPSA) is 63.8 Å². The Kier molecular flexibility index (Phi) is 3.37. The number of nitrogens with one attached hydrogen (secondary N) is 1. The monoisotopic (exact) mass is 232 g/mol. The van der Waals surface area contributed by atoms with Crippen molar-refractivity contribution in [2.45, 2.75) is 33.2 Å². The first-order valence-corrected chi connectivity index (χ1v) is 5.64. The molecule has 2 aromatic heterocycles. The van der Waals surface area contributed by atoms with E-state index in [1.807, 2.05) is 19.1 Å². The van der Waals surface area contributed by atoms with Crippen LogP contribution in [0.3, 0.4) is 0 Å². The molecule has 2 rings (SSSR count). The van der Waals surface area contributed by atoms with Crippen molar-refractivity contribution in [1.29, 1.82) is 0 Å². The summed E-state index contributed by atoms with van der Waals surface area (Å²) in [4.78, 5) is 8.78. The fourth-order valence-corrected chi connectivity index (χ4v) is 1.47. The summed E-state index contributed by atoms with van der Waals surface area (Å²) >= 11 is 0. The van der Waals surface area contributed by atoms with E-state index >= 15 is 0 Å². The minimum Gasteiger partial charge on any atom is -0.360 e. The number of hydrogen-bond acceptors (Lipinski definition) is 5. The molecule has 2 heterocycles. The minimum absolute atomic E-state index is 0.391. The second-order valence-corrected chi connectivity index (χ2v) is 4.24. The van der Waals surface area contributed by atoms with Crippen LogP contribution < -0.4 is 5.32 Å². The van der Waals surface area contributed by atoms with E-state index in [9.17, 15) is 0 Å². The predicted octanol–water partition coefficient (Wildman–Crippen LogP) is 2.51. The number of aryl methyl sites for hydroxylation is 1. The van der Waals surface area contributed by atoms with Gasteiger partial charge in [-0.2, -0.15) is 0 Å². The fourth-order valence-electron chi connectivity index (χ4n) is 1.47. The molecule has 0 bridgehead atoms. The van der Waals surface area contributed by atoms with Gasteiger partial charge in [0, 0.05) is 17.5 Å². The van der Waals surface area contributed by atoms with Gasteiger partial charge in [0.25, 0.3) is 0 Å². The second-order valence-electron chi connectivity index (χ2n) is 4.24. The highest BCUT2D eigenvalue weighted by atomic mass is 16.5. The van der Waals surface area contributed by atoms with Gasteiger partial charge in [0.05, 0.1) is 12.7 Å². The van der Waals surface area contributed by atoms with E-state index in [0.717, 1.165) is 17.1 Å². The van der Waals surface area contributed by atoms with Gasteiger partial charge < -0.3 is 9.84 Å². The van der Waals surface area contributed by atoms with E-state index in [-0.39, 0.29) is 0 Å². The SMILES string of the molecule is Cc1cc(C(C)C)nc(NCc2ccno2)n1. The molecule has 0 fully saturated rings. The van der Waals surface area contributed by atoms with Crippen molar-refractivity contribution in [3.8, 4) is 0 Å². The van der Waals surface area contributed by atoms with Crippen LogP contribution >= 0.6 is 0 Å². The molecule has 0 aliphatic carbocycles. The summed E-state index contributed by atoms with van der Waals surface area (Å²) in [7, 11) is 0. The highest BCUT2D eigenvalue weighted by molar-refractivity contribution is 5.29. The van der Waals surface area contributed by atoms with Crippen molar-refractivity contribution in [2.24, 2.45) is 0 Å². The largest absolute Gasteiger partial charge is 0.360 e. The zero-order valence-electron chi connectivity index (χ0n) is 10.3. The maximum absolute atomic E-state index is 5.00. The molecule has 0 saturated carbocycles. The molecule has 0 aliphatic rings. The molecule has 0 aromatic carbocycles. The van der Waals surface area contributed by atoms with Gasteiger partial charge in [0.2, 0.25) is 5.95 Å². The summed E-state index contributed by atoms with van der Waals surface area (Å²) in [6, 6.07) is 3.82. The molecular formula is C12H16N4O. The Bertz CT molecular complexity index is 479. The molecule has 5 heteroatoms. The summed E-state index contributed by atoms with van der Waals surface area (Å²) < 4.78 is 5.00. The number of rotatable bonds is 4. The molecule has 0 amide bonds. The quantitative estimate of drug-likeness (QED) is 0.877. The Labute approximate surface area is 100 Å². The smallest absolute Gasteiger partial charge is 0.223 e. The Morgan fingerprint density at radius 1 is 1.35 bits per heavy atom. The lowest BCUT2D eigenvalue weighted by Crippen LogP contribution is -2.06. The average molecular weight is 232 g/mol. The Morgan fingerprint density at radius 2 is 2.18 bits per heavy atom. The molecule has 90 valence electrons. The molecule has 5 nitrogen and oxygen atoms in total. The van der Waals surface area contributed by atoms with Crippen molar-refractivity contribution >= 4 is 5.95 Å². The van der Waals surface area contributed by atoms with Gasteiger partial charge in [0.1, 0.15) is 0 Å². The lowest BCUT2D eigenvalue weighted by atomic mass is 10.1. The van der Waals surface area contributed by atoms with Gasteiger partial charge in [-0.3, -0.25) is 0 Å². The molecule has 0 aliphatic heterocycles. The van der Waals surface area contributed by atoms with E-state index in [1.165, 1.54) is 0 Å². The number of nitrogens with zero attached hydrogens (tertiary/aromatic N) is 3. The van der Waals surface area contributed by atoms with Gasteiger partial charge in [-0.1, -0.05) is 19.0 Å². The first kappa shape index (κ1) is 11.6. The van der Waals surface area contributed by atoms with Crippen molar-refractivity contribution in [2.75, 3.05) is 5.32 Å². The summed E-state index contributed by atoms with van der Waals surface area (Å²) in [5.74, 6) is 1.79. The molecule has 0 unspecified atom stereocenters. The molecule has 0 radical (unpaired) electrons. The normalized spacial score (nSPS) is 10.8. The Hall–Kier alpha value is -1.91. The van der Waals surface area contributed by atoms with Crippen molar-refractivity contribution in [3.63, 3.8) is 0 Å². The van der Waals surface area contributed by atoms with Crippen molar-refractivity contribution in [1.82, 2.24) is 15.1 Å². The standard InChI is InChI=1S/C12H16N4O/c1-8(2)11-6-9(3)15-12(16-11)13-7-10-4-5-14-17-10/h4-6,8H,7H2,1-3H3,(H,13,15,16). The van der Waals surface area contributed by atoms with Crippen LogP contribution in [-0.4, -0.2) is 15.1 Å². The predicted molar refractivity (Wildman–Crippen MR) is 64.7 cm³/mol. The van der Waals surface area contributed by atoms with E-state index in [2.05, 4.69) is 34.3 Å². The highest BCUT2D eigenvalue weighted by Gasteiger charge is 2.06. The zero-order valence-corrected chi connectivity index (χ0v) is 10.3. The lowest BCUT2D eigenvalue weighted by molar-refractivity contribution is 0.387.